The minimum absolute atomic E-state index is 0.203. The van der Waals surface area contributed by atoms with Crippen molar-refractivity contribution in [1.82, 2.24) is 4.90 Å². The largest absolute Gasteiger partial charge is 0.416 e. The van der Waals surface area contributed by atoms with Crippen molar-refractivity contribution < 1.29 is 18.0 Å². The van der Waals surface area contributed by atoms with E-state index in [1.165, 1.54) is 17.0 Å². The number of likely N-dealkylation sites (tertiary alicyclic amines) is 1. The summed E-state index contributed by atoms with van der Waals surface area (Å²) < 4.78 is 39.0. The normalized spacial score (nSPS) is 17.3. The van der Waals surface area contributed by atoms with Crippen LogP contribution < -0.4 is 0 Å². The first kappa shape index (κ1) is 15.2. The van der Waals surface area contributed by atoms with Gasteiger partial charge in [-0.15, -0.1) is 0 Å². The molecule has 1 saturated heterocycles. The molecule has 1 heterocycles. The van der Waals surface area contributed by atoms with Gasteiger partial charge in [-0.05, 0) is 42.5 Å². The summed E-state index contributed by atoms with van der Waals surface area (Å²) in [5.74, 6) is -0.800. The molecule has 0 N–H and O–H groups in total. The molecule has 2 rings (SSSR count). The van der Waals surface area contributed by atoms with Crippen LogP contribution in [0.5, 0.6) is 0 Å². The summed E-state index contributed by atoms with van der Waals surface area (Å²) >= 11 is 5.81. The fraction of sp³-hybridized carbons (Fsp3) is 0.462. The van der Waals surface area contributed by atoms with Crippen molar-refractivity contribution in [2.45, 2.75) is 24.9 Å². The highest BCUT2D eigenvalue weighted by molar-refractivity contribution is 6.56. The fourth-order valence-electron chi connectivity index (χ4n) is 2.54. The van der Waals surface area contributed by atoms with Crippen molar-refractivity contribution in [3.05, 3.63) is 34.3 Å². The summed E-state index contributed by atoms with van der Waals surface area (Å²) in [6.07, 6.45) is -3.50. The number of hydrogen-bond acceptors (Lipinski definition) is 1. The topological polar surface area (TPSA) is 20.3 Å². The maximum Gasteiger partial charge on any atom is 0.416 e. The Labute approximate surface area is 121 Å². The average Bonchev–Trinajstić information content (AvgIpc) is 2.37. The first-order valence-corrected chi connectivity index (χ1v) is 6.58. The lowest BCUT2D eigenvalue weighted by molar-refractivity contribution is -0.138. The number of nitrogens with zero attached hydrogens (tertiary/aromatic N) is 1. The molecule has 0 spiro atoms. The van der Waals surface area contributed by atoms with Crippen LogP contribution in [0.15, 0.2) is 18.2 Å². The average molecular weight is 302 g/mol. The van der Waals surface area contributed by atoms with Crippen LogP contribution in [0.2, 0.25) is 5.02 Å². The summed E-state index contributed by atoms with van der Waals surface area (Å²) in [6, 6.07) is 3.62. The second kappa shape index (κ2) is 5.68. The zero-order valence-electron chi connectivity index (χ0n) is 10.6. The van der Waals surface area contributed by atoms with E-state index < -0.39 is 17.5 Å². The molecule has 2 nitrogen and oxygen atoms in total. The van der Waals surface area contributed by atoms with Gasteiger partial charge in [0.2, 0.25) is 7.85 Å². The Morgan fingerprint density at radius 1 is 1.30 bits per heavy atom. The highest BCUT2D eigenvalue weighted by Crippen LogP contribution is 2.39. The first-order valence-electron chi connectivity index (χ1n) is 6.20. The minimum Gasteiger partial charge on any atom is -0.353 e. The molecule has 1 aliphatic heterocycles. The van der Waals surface area contributed by atoms with Gasteiger partial charge >= 0.3 is 6.18 Å². The highest BCUT2D eigenvalue weighted by Gasteiger charge is 2.36. The van der Waals surface area contributed by atoms with E-state index in [1.807, 2.05) is 0 Å². The van der Waals surface area contributed by atoms with Crippen molar-refractivity contribution in [2.75, 3.05) is 13.1 Å². The second-order valence-electron chi connectivity index (χ2n) is 4.83. The Kier molecular flexibility index (Phi) is 4.32. The third-order valence-corrected chi connectivity index (χ3v) is 3.80. The summed E-state index contributed by atoms with van der Waals surface area (Å²) in [7, 11) is 5.16. The molecule has 0 atom stereocenters. The van der Waals surface area contributed by atoms with Crippen LogP contribution in [-0.4, -0.2) is 31.6 Å². The number of benzene rings is 1. The van der Waals surface area contributed by atoms with Gasteiger partial charge in [0.25, 0.3) is 0 Å². The number of piperidine rings is 1. The predicted octanol–water partition coefficient (Wildman–Crippen LogP) is 3.83. The Hall–Kier alpha value is -1.17. The molecule has 2 radical (unpaired) electrons. The zero-order chi connectivity index (χ0) is 14.9. The smallest absolute Gasteiger partial charge is 0.353 e. The molecule has 0 unspecified atom stereocenters. The number of carbonyl (C=O) groups excluding carboxylic acids is 1. The number of alkyl halides is 3. The molecule has 1 aromatic carbocycles. The van der Waals surface area contributed by atoms with Gasteiger partial charge in [0.1, 0.15) is 0 Å². The maximum atomic E-state index is 13.0. The van der Waals surface area contributed by atoms with Crippen molar-refractivity contribution in [3.8, 4) is 0 Å². The zero-order valence-corrected chi connectivity index (χ0v) is 11.3. The van der Waals surface area contributed by atoms with Gasteiger partial charge in [0, 0.05) is 18.1 Å². The quantitative estimate of drug-likeness (QED) is 0.722. The SMILES string of the molecule is [B]C(=O)N1CCC(c2cc(Cl)ccc2C(F)(F)F)CC1. The van der Waals surface area contributed by atoms with Crippen LogP contribution in [0.4, 0.5) is 18.0 Å². The number of hydrogen-bond donors (Lipinski definition) is 0. The molecular formula is C13H12BClF3NO. The van der Waals surface area contributed by atoms with E-state index >= 15 is 0 Å². The van der Waals surface area contributed by atoms with Crippen molar-refractivity contribution in [2.24, 2.45) is 0 Å². The van der Waals surface area contributed by atoms with Gasteiger partial charge in [0.15, 0.2) is 5.81 Å². The number of amides is 1. The molecule has 1 amide bonds. The summed E-state index contributed by atoms with van der Waals surface area (Å²) in [6.45, 7) is 0.730. The Balaban J connectivity index is 2.25. The lowest BCUT2D eigenvalue weighted by Gasteiger charge is -2.33. The van der Waals surface area contributed by atoms with E-state index in [-0.39, 0.29) is 16.5 Å². The van der Waals surface area contributed by atoms with E-state index in [2.05, 4.69) is 0 Å². The van der Waals surface area contributed by atoms with Crippen LogP contribution >= 0.6 is 11.6 Å². The summed E-state index contributed by atoms with van der Waals surface area (Å²) in [5.41, 5.74) is -0.450. The number of rotatable bonds is 1. The van der Waals surface area contributed by atoms with E-state index in [4.69, 9.17) is 19.4 Å². The first-order chi connectivity index (χ1) is 9.29. The van der Waals surface area contributed by atoms with Gasteiger partial charge in [-0.2, -0.15) is 13.2 Å². The van der Waals surface area contributed by atoms with Gasteiger partial charge in [0.05, 0.1) is 5.56 Å². The lowest BCUT2D eigenvalue weighted by Crippen LogP contribution is -2.37. The fourth-order valence-corrected chi connectivity index (χ4v) is 2.72. The molecule has 0 aromatic heterocycles. The van der Waals surface area contributed by atoms with Gasteiger partial charge in [-0.1, -0.05) is 11.6 Å². The molecule has 106 valence electrons. The Bertz CT molecular complexity index is 513. The van der Waals surface area contributed by atoms with Gasteiger partial charge in [-0.3, -0.25) is 4.79 Å². The minimum atomic E-state index is -4.40. The van der Waals surface area contributed by atoms with E-state index in [0.717, 1.165) is 6.07 Å². The van der Waals surface area contributed by atoms with Crippen LogP contribution in [-0.2, 0) is 6.18 Å². The molecule has 1 fully saturated rings. The van der Waals surface area contributed by atoms with Gasteiger partial charge in [-0.25, -0.2) is 0 Å². The van der Waals surface area contributed by atoms with Crippen LogP contribution in [0, 0.1) is 0 Å². The molecular weight excluding hydrogens is 289 g/mol. The Morgan fingerprint density at radius 2 is 1.90 bits per heavy atom. The standard InChI is InChI=1S/C13H12BClF3NO/c14-12(20)19-5-3-8(4-6-19)10-7-9(15)1-2-11(10)13(16,17)18/h1-2,7-8H,3-6H2. The second-order valence-corrected chi connectivity index (χ2v) is 5.27. The number of halogens is 4. The maximum absolute atomic E-state index is 13.0. The van der Waals surface area contributed by atoms with Crippen molar-refractivity contribution in [1.29, 1.82) is 0 Å². The third kappa shape index (κ3) is 3.29. The molecule has 20 heavy (non-hydrogen) atoms. The predicted molar refractivity (Wildman–Crippen MR) is 71.2 cm³/mol. The van der Waals surface area contributed by atoms with Gasteiger partial charge < -0.3 is 4.90 Å². The summed E-state index contributed by atoms with van der Waals surface area (Å²) in [5, 5.41) is 0.283. The van der Waals surface area contributed by atoms with E-state index in [9.17, 15) is 18.0 Å². The summed E-state index contributed by atoms with van der Waals surface area (Å²) in [4.78, 5) is 12.5. The van der Waals surface area contributed by atoms with Crippen molar-refractivity contribution in [3.63, 3.8) is 0 Å². The Morgan fingerprint density at radius 3 is 2.40 bits per heavy atom. The van der Waals surface area contributed by atoms with Crippen molar-refractivity contribution >= 4 is 25.3 Å². The van der Waals surface area contributed by atoms with Crippen LogP contribution in [0.1, 0.15) is 29.9 Å². The van der Waals surface area contributed by atoms with E-state index in [1.54, 1.807) is 0 Å². The monoisotopic (exact) mass is 301 g/mol. The molecule has 0 aliphatic carbocycles. The van der Waals surface area contributed by atoms with E-state index in [0.29, 0.717) is 25.9 Å². The third-order valence-electron chi connectivity index (χ3n) is 3.57. The number of carbonyl (C=O) groups is 1. The molecule has 1 aliphatic rings. The molecule has 0 bridgehead atoms. The molecule has 0 saturated carbocycles. The van der Waals surface area contributed by atoms with Crippen LogP contribution in [0.3, 0.4) is 0 Å². The lowest BCUT2D eigenvalue weighted by atomic mass is 9.85. The molecule has 1 aromatic rings. The molecule has 7 heteroatoms. The van der Waals surface area contributed by atoms with Crippen LogP contribution in [0.25, 0.3) is 0 Å². The highest BCUT2D eigenvalue weighted by atomic mass is 35.5.